The Bertz CT molecular complexity index is 1280. The van der Waals surface area contributed by atoms with Gasteiger partial charge in [0.2, 0.25) is 5.91 Å². The molecule has 1 aromatic heterocycles. The zero-order chi connectivity index (χ0) is 22.1. The molecule has 0 aliphatic carbocycles. The Morgan fingerprint density at radius 3 is 2.62 bits per heavy atom. The van der Waals surface area contributed by atoms with Gasteiger partial charge in [-0.05, 0) is 42.7 Å². The van der Waals surface area contributed by atoms with Crippen LogP contribution in [0.1, 0.15) is 37.3 Å². The molecule has 1 amide bonds. The number of carbonyl (C=O) groups is 1. The van der Waals surface area contributed by atoms with Gasteiger partial charge in [-0.3, -0.25) is 19.5 Å². The van der Waals surface area contributed by atoms with Crippen molar-refractivity contribution in [2.24, 2.45) is 0 Å². The third-order valence-corrected chi connectivity index (χ3v) is 6.16. The Hall–Kier alpha value is -3.55. The molecule has 1 saturated heterocycles. The van der Waals surface area contributed by atoms with Crippen molar-refractivity contribution in [2.45, 2.75) is 38.3 Å². The lowest BCUT2D eigenvalue weighted by Crippen LogP contribution is -2.34. The van der Waals surface area contributed by atoms with E-state index < -0.39 is 0 Å². The van der Waals surface area contributed by atoms with Crippen molar-refractivity contribution in [2.75, 3.05) is 19.8 Å². The molecule has 166 valence electrons. The van der Waals surface area contributed by atoms with Crippen LogP contribution in [0.25, 0.3) is 10.8 Å². The van der Waals surface area contributed by atoms with Gasteiger partial charge in [-0.15, -0.1) is 0 Å². The predicted molar refractivity (Wildman–Crippen MR) is 119 cm³/mol. The Labute approximate surface area is 184 Å². The molecule has 1 unspecified atom stereocenters. The summed E-state index contributed by atoms with van der Waals surface area (Å²) < 4.78 is 12.8. The number of H-pyrrole nitrogens is 1. The van der Waals surface area contributed by atoms with Crippen molar-refractivity contribution in [3.05, 3.63) is 68.7 Å². The van der Waals surface area contributed by atoms with Crippen LogP contribution in [0.2, 0.25) is 0 Å². The number of fused-ring (bicyclic) bond motifs is 2. The molecule has 0 radical (unpaired) electrons. The van der Waals surface area contributed by atoms with Gasteiger partial charge in [0.1, 0.15) is 0 Å². The Morgan fingerprint density at radius 1 is 1.00 bits per heavy atom. The number of aromatic nitrogens is 2. The summed E-state index contributed by atoms with van der Waals surface area (Å²) in [6, 6.07) is 12.5. The Balaban J connectivity index is 1.33. The van der Waals surface area contributed by atoms with Crippen molar-refractivity contribution < 1.29 is 14.3 Å². The molecule has 2 aliphatic rings. The van der Waals surface area contributed by atoms with Crippen LogP contribution in [0.3, 0.4) is 0 Å². The number of hydrogen-bond donors (Lipinski definition) is 1. The molecule has 0 bridgehead atoms. The van der Waals surface area contributed by atoms with Gasteiger partial charge in [0, 0.05) is 19.4 Å². The first kappa shape index (κ1) is 20.4. The number of carbonyl (C=O) groups excluding carboxylic acids is 1. The number of hydrogen-bond acceptors (Lipinski definition) is 5. The second-order valence-electron chi connectivity index (χ2n) is 8.20. The predicted octanol–water partition coefficient (Wildman–Crippen LogP) is 2.60. The Morgan fingerprint density at radius 2 is 1.78 bits per heavy atom. The molecule has 1 fully saturated rings. The maximum Gasteiger partial charge on any atom is 0.273 e. The number of aromatic amines is 1. The molecule has 3 aromatic rings. The van der Waals surface area contributed by atoms with Gasteiger partial charge in [-0.2, -0.15) is 0 Å². The molecular weight excluding hydrogens is 410 g/mol. The van der Waals surface area contributed by atoms with Crippen LogP contribution in [0.5, 0.6) is 11.5 Å². The maximum atomic E-state index is 13.1. The SMILES string of the molecule is O=C(CCn1[nH]c(=O)c2ccccc2c1=O)N1CCCC1c1ccc2c(c1)OCCCO2. The molecule has 3 heterocycles. The molecule has 8 nitrogen and oxygen atoms in total. The summed E-state index contributed by atoms with van der Waals surface area (Å²) in [4.78, 5) is 39.9. The standard InChI is InChI=1S/C24H25N3O5/c28-22(10-12-27-24(30)18-6-2-1-5-17(18)23(29)25-27)26-11-3-7-19(26)16-8-9-20-21(15-16)32-14-4-13-31-20/h1-2,5-6,8-9,15,19H,3-4,7,10-14H2,(H,25,29). The highest BCUT2D eigenvalue weighted by atomic mass is 16.5. The molecule has 8 heteroatoms. The first-order chi connectivity index (χ1) is 15.6. The number of benzene rings is 2. The topological polar surface area (TPSA) is 93.6 Å². The summed E-state index contributed by atoms with van der Waals surface area (Å²) in [6.07, 6.45) is 2.76. The first-order valence-electron chi connectivity index (χ1n) is 11.0. The van der Waals surface area contributed by atoms with E-state index in [-0.39, 0.29) is 36.0 Å². The number of ether oxygens (including phenoxy) is 2. The lowest BCUT2D eigenvalue weighted by atomic mass is 10.0. The van der Waals surface area contributed by atoms with E-state index in [2.05, 4.69) is 5.10 Å². The van der Waals surface area contributed by atoms with E-state index in [1.165, 1.54) is 4.68 Å². The average molecular weight is 435 g/mol. The van der Waals surface area contributed by atoms with Gasteiger partial charge in [-0.1, -0.05) is 18.2 Å². The van der Waals surface area contributed by atoms with E-state index in [0.29, 0.717) is 30.5 Å². The number of likely N-dealkylation sites (tertiary alicyclic amines) is 1. The minimum atomic E-state index is -0.334. The van der Waals surface area contributed by atoms with Gasteiger partial charge < -0.3 is 14.4 Å². The van der Waals surface area contributed by atoms with E-state index in [1.807, 2.05) is 23.1 Å². The van der Waals surface area contributed by atoms with Crippen LogP contribution in [0.15, 0.2) is 52.1 Å². The lowest BCUT2D eigenvalue weighted by molar-refractivity contribution is -0.132. The van der Waals surface area contributed by atoms with Crippen LogP contribution in [-0.2, 0) is 11.3 Å². The van der Waals surface area contributed by atoms with Crippen LogP contribution in [0.4, 0.5) is 0 Å². The number of aryl methyl sites for hydroxylation is 1. The fourth-order valence-corrected chi connectivity index (χ4v) is 4.55. The largest absolute Gasteiger partial charge is 0.490 e. The highest BCUT2D eigenvalue weighted by molar-refractivity contribution is 5.80. The summed E-state index contributed by atoms with van der Waals surface area (Å²) in [5.41, 5.74) is 0.393. The molecule has 1 atom stereocenters. The van der Waals surface area contributed by atoms with Crippen molar-refractivity contribution >= 4 is 16.7 Å². The number of amides is 1. The third-order valence-electron chi connectivity index (χ3n) is 6.16. The second-order valence-corrected chi connectivity index (χ2v) is 8.20. The fraction of sp³-hybridized carbons (Fsp3) is 0.375. The summed E-state index contributed by atoms with van der Waals surface area (Å²) in [5.74, 6) is 1.42. The molecule has 5 rings (SSSR count). The maximum absolute atomic E-state index is 13.1. The van der Waals surface area contributed by atoms with E-state index in [0.717, 1.165) is 36.3 Å². The number of nitrogens with one attached hydrogen (secondary N) is 1. The van der Waals surface area contributed by atoms with E-state index in [4.69, 9.17) is 9.47 Å². The van der Waals surface area contributed by atoms with Crippen molar-refractivity contribution in [3.8, 4) is 11.5 Å². The summed E-state index contributed by atoms with van der Waals surface area (Å²) >= 11 is 0. The van der Waals surface area contributed by atoms with Gasteiger partial charge in [0.25, 0.3) is 11.1 Å². The monoisotopic (exact) mass is 435 g/mol. The highest BCUT2D eigenvalue weighted by Gasteiger charge is 2.30. The fourth-order valence-electron chi connectivity index (χ4n) is 4.55. The van der Waals surface area contributed by atoms with Gasteiger partial charge in [0.05, 0.1) is 36.6 Å². The van der Waals surface area contributed by atoms with Crippen LogP contribution >= 0.6 is 0 Å². The molecule has 2 aromatic carbocycles. The number of rotatable bonds is 4. The van der Waals surface area contributed by atoms with Gasteiger partial charge >= 0.3 is 0 Å². The molecule has 1 N–H and O–H groups in total. The number of nitrogens with zero attached hydrogens (tertiary/aromatic N) is 2. The average Bonchev–Trinajstić information content (AvgIpc) is 3.19. The van der Waals surface area contributed by atoms with Crippen molar-refractivity contribution in [1.29, 1.82) is 0 Å². The minimum Gasteiger partial charge on any atom is -0.490 e. The Kier molecular flexibility index (Phi) is 5.43. The summed E-state index contributed by atoms with van der Waals surface area (Å²) in [6.45, 7) is 2.04. The quantitative estimate of drug-likeness (QED) is 0.680. The summed E-state index contributed by atoms with van der Waals surface area (Å²) in [5, 5.41) is 3.31. The van der Waals surface area contributed by atoms with Crippen LogP contribution in [-0.4, -0.2) is 40.3 Å². The zero-order valence-corrected chi connectivity index (χ0v) is 17.7. The van der Waals surface area contributed by atoms with Crippen molar-refractivity contribution in [1.82, 2.24) is 14.7 Å². The second kappa shape index (κ2) is 8.53. The van der Waals surface area contributed by atoms with Crippen LogP contribution in [0, 0.1) is 0 Å². The van der Waals surface area contributed by atoms with E-state index >= 15 is 0 Å². The zero-order valence-electron chi connectivity index (χ0n) is 17.7. The first-order valence-corrected chi connectivity index (χ1v) is 11.0. The van der Waals surface area contributed by atoms with Gasteiger partial charge in [0.15, 0.2) is 11.5 Å². The minimum absolute atomic E-state index is 0.0352. The molecule has 0 spiro atoms. The van der Waals surface area contributed by atoms with Crippen molar-refractivity contribution in [3.63, 3.8) is 0 Å². The third kappa shape index (κ3) is 3.77. The molecule has 2 aliphatic heterocycles. The van der Waals surface area contributed by atoms with Crippen LogP contribution < -0.4 is 20.6 Å². The van der Waals surface area contributed by atoms with E-state index in [1.54, 1.807) is 24.3 Å². The molecular formula is C24H25N3O5. The van der Waals surface area contributed by atoms with Gasteiger partial charge in [-0.25, -0.2) is 4.68 Å². The molecule has 0 saturated carbocycles. The molecule has 32 heavy (non-hydrogen) atoms. The smallest absolute Gasteiger partial charge is 0.273 e. The summed E-state index contributed by atoms with van der Waals surface area (Å²) in [7, 11) is 0. The normalized spacial score (nSPS) is 18.0. The lowest BCUT2D eigenvalue weighted by Gasteiger charge is -2.26. The highest BCUT2D eigenvalue weighted by Crippen LogP contribution is 2.38. The van der Waals surface area contributed by atoms with E-state index in [9.17, 15) is 14.4 Å².